The summed E-state index contributed by atoms with van der Waals surface area (Å²) in [6.45, 7) is 15.2. The highest BCUT2D eigenvalue weighted by Crippen LogP contribution is 2.41. The van der Waals surface area contributed by atoms with Crippen molar-refractivity contribution in [3.63, 3.8) is 0 Å². The number of amides is 2. The Labute approximate surface area is 213 Å². The van der Waals surface area contributed by atoms with Gasteiger partial charge >= 0.3 is 5.97 Å². The molecule has 1 saturated heterocycles. The van der Waals surface area contributed by atoms with Gasteiger partial charge in [0.05, 0.1) is 22.9 Å². The largest absolute Gasteiger partial charge is 0.367 e. The summed E-state index contributed by atoms with van der Waals surface area (Å²) in [4.78, 5) is 49.5. The van der Waals surface area contributed by atoms with E-state index in [4.69, 9.17) is 10.6 Å². The molecule has 1 fully saturated rings. The molecular weight excluding hydrogens is 464 g/mol. The van der Waals surface area contributed by atoms with E-state index in [1.165, 1.54) is 11.8 Å². The molecule has 2 heterocycles. The van der Waals surface area contributed by atoms with Gasteiger partial charge in [0.15, 0.2) is 0 Å². The first-order chi connectivity index (χ1) is 16.3. The Morgan fingerprint density at radius 1 is 1.29 bits per heavy atom. The van der Waals surface area contributed by atoms with E-state index in [0.717, 1.165) is 29.0 Å². The third kappa shape index (κ3) is 6.01. The molecule has 2 aliphatic heterocycles. The minimum Gasteiger partial charge on any atom is -0.367 e. The SMILES string of the molecule is Cc1cc2c(cc1C(=O)N(C(C)C)[C@@H]1CCCN(OC(=O)C(C)(C)C)C1)N(CCN)C(=O)C(C)S2. The van der Waals surface area contributed by atoms with Crippen LogP contribution in [0.2, 0.25) is 0 Å². The normalized spacial score (nSPS) is 21.2. The number of aryl methyl sites for hydroxylation is 1. The van der Waals surface area contributed by atoms with E-state index in [9.17, 15) is 14.4 Å². The Bertz CT molecular complexity index is 975. The maximum Gasteiger partial charge on any atom is 0.330 e. The minimum atomic E-state index is -0.594. The molecule has 8 nitrogen and oxygen atoms in total. The number of rotatable bonds is 6. The lowest BCUT2D eigenvalue weighted by atomic mass is 9.97. The number of anilines is 1. The van der Waals surface area contributed by atoms with Crippen molar-refractivity contribution in [1.29, 1.82) is 0 Å². The molecule has 1 unspecified atom stereocenters. The van der Waals surface area contributed by atoms with Gasteiger partial charge in [-0.05, 0) is 79.0 Å². The number of fused-ring (bicyclic) bond motifs is 1. The lowest BCUT2D eigenvalue weighted by molar-refractivity contribution is -0.208. The molecule has 194 valence electrons. The van der Waals surface area contributed by atoms with Gasteiger partial charge in [-0.1, -0.05) is 0 Å². The second kappa shape index (κ2) is 10.9. The fraction of sp³-hybridized carbons (Fsp3) is 0.654. The highest BCUT2D eigenvalue weighted by atomic mass is 32.2. The van der Waals surface area contributed by atoms with Crippen LogP contribution in [0.5, 0.6) is 0 Å². The molecule has 2 amide bonds. The molecule has 0 bridgehead atoms. The number of hydrogen-bond donors (Lipinski definition) is 1. The predicted molar refractivity (Wildman–Crippen MR) is 139 cm³/mol. The predicted octanol–water partition coefficient (Wildman–Crippen LogP) is 3.60. The van der Waals surface area contributed by atoms with Gasteiger partial charge in [-0.25, -0.2) is 4.79 Å². The summed E-state index contributed by atoms with van der Waals surface area (Å²) in [5.74, 6) is -0.333. The van der Waals surface area contributed by atoms with Gasteiger partial charge in [-0.2, -0.15) is 0 Å². The topological polar surface area (TPSA) is 96.2 Å². The van der Waals surface area contributed by atoms with Gasteiger partial charge in [-0.15, -0.1) is 16.8 Å². The van der Waals surface area contributed by atoms with Crippen molar-refractivity contribution in [2.24, 2.45) is 11.1 Å². The van der Waals surface area contributed by atoms with E-state index in [2.05, 4.69) is 0 Å². The van der Waals surface area contributed by atoms with E-state index in [1.807, 2.05) is 65.5 Å². The van der Waals surface area contributed by atoms with E-state index in [-0.39, 0.29) is 35.1 Å². The van der Waals surface area contributed by atoms with Crippen LogP contribution >= 0.6 is 11.8 Å². The van der Waals surface area contributed by atoms with Crippen LogP contribution < -0.4 is 10.6 Å². The lowest BCUT2D eigenvalue weighted by Crippen LogP contribution is -2.53. The van der Waals surface area contributed by atoms with E-state index >= 15 is 0 Å². The molecule has 2 aliphatic rings. The minimum absolute atomic E-state index is 0.0134. The summed E-state index contributed by atoms with van der Waals surface area (Å²) in [7, 11) is 0. The summed E-state index contributed by atoms with van der Waals surface area (Å²) in [5, 5.41) is 1.51. The maximum absolute atomic E-state index is 14.0. The van der Waals surface area contributed by atoms with Gasteiger partial charge in [0.25, 0.3) is 5.91 Å². The number of nitrogens with two attached hydrogens (primary N) is 1. The fourth-order valence-electron chi connectivity index (χ4n) is 4.59. The number of benzene rings is 1. The molecule has 2 N–H and O–H groups in total. The van der Waals surface area contributed by atoms with Gasteiger partial charge < -0.3 is 20.4 Å². The van der Waals surface area contributed by atoms with E-state index < -0.39 is 5.41 Å². The number of carbonyl (C=O) groups excluding carboxylic acids is 3. The zero-order valence-corrected chi connectivity index (χ0v) is 22.9. The maximum atomic E-state index is 14.0. The smallest absolute Gasteiger partial charge is 0.330 e. The number of hydrogen-bond acceptors (Lipinski definition) is 7. The van der Waals surface area contributed by atoms with Crippen molar-refractivity contribution in [2.45, 2.75) is 83.5 Å². The van der Waals surface area contributed by atoms with Gasteiger partial charge in [0.1, 0.15) is 0 Å². The summed E-state index contributed by atoms with van der Waals surface area (Å²) in [5.41, 5.74) is 7.43. The third-order valence-electron chi connectivity index (χ3n) is 6.47. The van der Waals surface area contributed by atoms with Crippen LogP contribution in [0, 0.1) is 12.3 Å². The zero-order valence-electron chi connectivity index (χ0n) is 22.1. The summed E-state index contributed by atoms with van der Waals surface area (Å²) < 4.78 is 0. The quantitative estimate of drug-likeness (QED) is 0.632. The Hall–Kier alpha value is -2.10. The number of nitrogens with zero attached hydrogens (tertiary/aromatic N) is 3. The third-order valence-corrected chi connectivity index (χ3v) is 7.60. The molecule has 3 rings (SSSR count). The molecule has 0 spiro atoms. The van der Waals surface area contributed by atoms with Crippen LogP contribution in [0.1, 0.15) is 70.3 Å². The van der Waals surface area contributed by atoms with Crippen molar-refractivity contribution < 1.29 is 19.2 Å². The molecule has 0 radical (unpaired) electrons. The van der Waals surface area contributed by atoms with Crippen molar-refractivity contribution >= 4 is 35.2 Å². The van der Waals surface area contributed by atoms with Crippen LogP contribution in [0.4, 0.5) is 5.69 Å². The lowest BCUT2D eigenvalue weighted by Gasteiger charge is -2.41. The highest BCUT2D eigenvalue weighted by Gasteiger charge is 2.36. The average molecular weight is 505 g/mol. The van der Waals surface area contributed by atoms with Gasteiger partial charge in [-0.3, -0.25) is 9.59 Å². The van der Waals surface area contributed by atoms with Crippen LogP contribution in [-0.2, 0) is 14.4 Å². The molecule has 0 aromatic heterocycles. The Balaban J connectivity index is 1.89. The van der Waals surface area contributed by atoms with Crippen LogP contribution in [0.15, 0.2) is 17.0 Å². The van der Waals surface area contributed by atoms with Crippen molar-refractivity contribution in [3.05, 3.63) is 23.3 Å². The van der Waals surface area contributed by atoms with Gasteiger partial charge in [0.2, 0.25) is 5.91 Å². The molecule has 9 heteroatoms. The molecule has 0 saturated carbocycles. The summed E-state index contributed by atoms with van der Waals surface area (Å²) >= 11 is 1.52. The number of hydroxylamine groups is 2. The van der Waals surface area contributed by atoms with E-state index in [0.29, 0.717) is 31.7 Å². The first kappa shape index (κ1) is 27.5. The Morgan fingerprint density at radius 3 is 2.57 bits per heavy atom. The Morgan fingerprint density at radius 2 is 1.97 bits per heavy atom. The monoisotopic (exact) mass is 504 g/mol. The standard InChI is InChI=1S/C26H40N4O4S/c1-16(2)30(19-9-8-11-28(15-19)34-25(33)26(5,6)7)24(32)20-14-21-22(13-17(20)3)35-18(4)23(31)29(21)12-10-27/h13-14,16,18-19H,8-12,15,27H2,1-7H3/t18?,19-/m1/s1. The second-order valence-corrected chi connectivity index (χ2v) is 12.2. The Kier molecular flexibility index (Phi) is 8.55. The first-order valence-electron chi connectivity index (χ1n) is 12.5. The molecule has 1 aromatic rings. The number of piperidine rings is 1. The van der Waals surface area contributed by atoms with Crippen LogP contribution in [-0.4, -0.2) is 71.3 Å². The van der Waals surface area contributed by atoms with Crippen molar-refractivity contribution in [3.8, 4) is 0 Å². The number of carbonyl (C=O) groups is 3. The highest BCUT2D eigenvalue weighted by molar-refractivity contribution is 8.01. The molecule has 35 heavy (non-hydrogen) atoms. The molecule has 1 aromatic carbocycles. The number of thioether (sulfide) groups is 1. The van der Waals surface area contributed by atoms with Crippen molar-refractivity contribution in [1.82, 2.24) is 9.96 Å². The molecular formula is C26H40N4O4S. The molecule has 2 atom stereocenters. The fourth-order valence-corrected chi connectivity index (χ4v) is 5.73. The zero-order chi connectivity index (χ0) is 26.1. The summed E-state index contributed by atoms with van der Waals surface area (Å²) in [6.07, 6.45) is 1.66. The van der Waals surface area contributed by atoms with Crippen molar-refractivity contribution in [2.75, 3.05) is 31.1 Å². The summed E-state index contributed by atoms with van der Waals surface area (Å²) in [6, 6.07) is 3.74. The first-order valence-corrected chi connectivity index (χ1v) is 13.4. The van der Waals surface area contributed by atoms with Crippen LogP contribution in [0.25, 0.3) is 0 Å². The van der Waals surface area contributed by atoms with Gasteiger partial charge in [0, 0.05) is 42.2 Å². The van der Waals surface area contributed by atoms with Crippen LogP contribution in [0.3, 0.4) is 0 Å². The molecule has 0 aliphatic carbocycles. The second-order valence-electron chi connectivity index (χ2n) is 10.8. The average Bonchev–Trinajstić information content (AvgIpc) is 2.76. The van der Waals surface area contributed by atoms with E-state index in [1.54, 1.807) is 9.96 Å².